The Balaban J connectivity index is 2.39. The van der Waals surface area contributed by atoms with Crippen LogP contribution in [0.5, 0.6) is 0 Å². The normalized spacial score (nSPS) is 10.3. The summed E-state index contributed by atoms with van der Waals surface area (Å²) in [6.45, 7) is 2.03. The van der Waals surface area contributed by atoms with Gasteiger partial charge in [-0.1, -0.05) is 41.4 Å². The molecule has 1 aromatic heterocycles. The quantitative estimate of drug-likeness (QED) is 0.796. The number of aromatic nitrogens is 1. The minimum atomic E-state index is -0.481. The fourth-order valence-corrected chi connectivity index (χ4v) is 2.07. The van der Waals surface area contributed by atoms with Crippen molar-refractivity contribution < 1.29 is 9.53 Å². The largest absolute Gasteiger partial charge is 0.462 e. The van der Waals surface area contributed by atoms with Crippen molar-refractivity contribution in [3.8, 4) is 11.3 Å². The van der Waals surface area contributed by atoms with Crippen molar-refractivity contribution in [2.45, 2.75) is 6.92 Å². The van der Waals surface area contributed by atoms with Crippen LogP contribution in [0.1, 0.15) is 17.3 Å². The maximum Gasteiger partial charge on any atom is 0.341 e. The Kier molecular flexibility index (Phi) is 4.40. The number of nitrogens with zero attached hydrogens (tertiary/aromatic N) is 1. The molecule has 0 aliphatic carbocycles. The van der Waals surface area contributed by atoms with Crippen LogP contribution in [0.25, 0.3) is 11.3 Å². The molecular formula is C14H11Cl2NO2. The molecule has 0 amide bonds. The van der Waals surface area contributed by atoms with Crippen molar-refractivity contribution in [3.05, 3.63) is 52.1 Å². The molecule has 0 unspecified atom stereocenters. The fraction of sp³-hybridized carbons (Fsp3) is 0.143. The van der Waals surface area contributed by atoms with Crippen molar-refractivity contribution in [1.82, 2.24) is 4.98 Å². The number of carbonyl (C=O) groups is 1. The van der Waals surface area contributed by atoms with Crippen LogP contribution >= 0.6 is 23.2 Å². The zero-order valence-electron chi connectivity index (χ0n) is 10.2. The SMILES string of the molecule is CCOC(=O)c1cnc(-c2ccccc2Cl)cc1Cl. The first-order chi connectivity index (χ1) is 9.13. The summed E-state index contributed by atoms with van der Waals surface area (Å²) in [7, 11) is 0. The molecule has 1 aromatic carbocycles. The lowest BCUT2D eigenvalue weighted by Gasteiger charge is -2.07. The third-order valence-corrected chi connectivity index (χ3v) is 3.14. The number of ether oxygens (including phenoxy) is 1. The van der Waals surface area contributed by atoms with Crippen LogP contribution in [0.4, 0.5) is 0 Å². The van der Waals surface area contributed by atoms with Crippen LogP contribution in [-0.2, 0) is 4.74 Å². The van der Waals surface area contributed by atoms with Gasteiger partial charge in [0.25, 0.3) is 0 Å². The lowest BCUT2D eigenvalue weighted by atomic mass is 10.1. The Labute approximate surface area is 121 Å². The molecule has 0 fully saturated rings. The predicted molar refractivity (Wildman–Crippen MR) is 75.6 cm³/mol. The number of benzene rings is 1. The summed E-state index contributed by atoms with van der Waals surface area (Å²) >= 11 is 12.2. The first kappa shape index (κ1) is 13.8. The number of pyridine rings is 1. The Morgan fingerprint density at radius 3 is 2.63 bits per heavy atom. The third kappa shape index (κ3) is 3.06. The second kappa shape index (κ2) is 6.04. The molecule has 0 saturated heterocycles. The molecule has 98 valence electrons. The van der Waals surface area contributed by atoms with E-state index in [0.717, 1.165) is 5.56 Å². The van der Waals surface area contributed by atoms with E-state index in [1.807, 2.05) is 18.2 Å². The minimum absolute atomic E-state index is 0.249. The summed E-state index contributed by atoms with van der Waals surface area (Å²) in [5.74, 6) is -0.481. The number of rotatable bonds is 3. The third-order valence-electron chi connectivity index (χ3n) is 2.50. The number of esters is 1. The van der Waals surface area contributed by atoms with Gasteiger partial charge in [0.15, 0.2) is 0 Å². The summed E-state index contributed by atoms with van der Waals surface area (Å²) < 4.78 is 4.89. The summed E-state index contributed by atoms with van der Waals surface area (Å²) in [4.78, 5) is 15.8. The highest BCUT2D eigenvalue weighted by molar-refractivity contribution is 6.34. The lowest BCUT2D eigenvalue weighted by Crippen LogP contribution is -2.06. The van der Waals surface area contributed by atoms with E-state index in [1.54, 1.807) is 19.1 Å². The van der Waals surface area contributed by atoms with Gasteiger partial charge < -0.3 is 4.74 Å². The first-order valence-electron chi connectivity index (χ1n) is 5.71. The number of hydrogen-bond donors (Lipinski definition) is 0. The maximum absolute atomic E-state index is 11.6. The Morgan fingerprint density at radius 2 is 2.00 bits per heavy atom. The topological polar surface area (TPSA) is 39.2 Å². The molecule has 2 rings (SSSR count). The van der Waals surface area contributed by atoms with Gasteiger partial charge in [-0.15, -0.1) is 0 Å². The van der Waals surface area contributed by atoms with Crippen molar-refractivity contribution in [3.63, 3.8) is 0 Å². The van der Waals surface area contributed by atoms with Gasteiger partial charge >= 0.3 is 5.97 Å². The van der Waals surface area contributed by atoms with E-state index in [-0.39, 0.29) is 5.56 Å². The number of hydrogen-bond acceptors (Lipinski definition) is 3. The van der Waals surface area contributed by atoms with Gasteiger partial charge in [-0.05, 0) is 19.1 Å². The van der Waals surface area contributed by atoms with Crippen LogP contribution < -0.4 is 0 Å². The van der Waals surface area contributed by atoms with E-state index < -0.39 is 5.97 Å². The van der Waals surface area contributed by atoms with Crippen LogP contribution in [0, 0.1) is 0 Å². The molecule has 0 saturated carbocycles. The molecule has 2 aromatic rings. The molecule has 19 heavy (non-hydrogen) atoms. The smallest absolute Gasteiger partial charge is 0.341 e. The number of carbonyl (C=O) groups excluding carboxylic acids is 1. The predicted octanol–water partition coefficient (Wildman–Crippen LogP) is 4.23. The lowest BCUT2D eigenvalue weighted by molar-refractivity contribution is 0.0526. The highest BCUT2D eigenvalue weighted by Gasteiger charge is 2.14. The van der Waals surface area contributed by atoms with Crippen molar-refractivity contribution in [2.24, 2.45) is 0 Å². The van der Waals surface area contributed by atoms with Crippen molar-refractivity contribution in [1.29, 1.82) is 0 Å². The van der Waals surface area contributed by atoms with E-state index in [1.165, 1.54) is 6.20 Å². The molecule has 0 spiro atoms. The van der Waals surface area contributed by atoms with Crippen LogP contribution in [-0.4, -0.2) is 17.6 Å². The second-order valence-electron chi connectivity index (χ2n) is 3.75. The molecule has 5 heteroatoms. The molecule has 0 radical (unpaired) electrons. The molecule has 0 atom stereocenters. The van der Waals surface area contributed by atoms with E-state index in [9.17, 15) is 4.79 Å². The average molecular weight is 296 g/mol. The van der Waals surface area contributed by atoms with Crippen LogP contribution in [0.15, 0.2) is 36.5 Å². The molecule has 0 aliphatic rings. The summed E-state index contributed by atoms with van der Waals surface area (Å²) in [5.41, 5.74) is 1.63. The zero-order valence-corrected chi connectivity index (χ0v) is 11.7. The van der Waals surface area contributed by atoms with Gasteiger partial charge in [0.2, 0.25) is 0 Å². The van der Waals surface area contributed by atoms with Crippen LogP contribution in [0.2, 0.25) is 10.0 Å². The number of halogens is 2. The standard InChI is InChI=1S/C14H11Cl2NO2/c1-2-19-14(18)10-8-17-13(7-12(10)16)9-5-3-4-6-11(9)15/h3-8H,2H2,1H3. The van der Waals surface area contributed by atoms with Crippen molar-refractivity contribution in [2.75, 3.05) is 6.61 Å². The average Bonchev–Trinajstić information content (AvgIpc) is 2.39. The summed E-state index contributed by atoms with van der Waals surface area (Å²) in [5, 5.41) is 0.873. The highest BCUT2D eigenvalue weighted by atomic mass is 35.5. The Hall–Kier alpha value is -1.58. The molecule has 0 N–H and O–H groups in total. The van der Waals surface area contributed by atoms with Gasteiger partial charge in [-0.3, -0.25) is 4.98 Å². The Bertz CT molecular complexity index is 614. The minimum Gasteiger partial charge on any atom is -0.462 e. The molecule has 3 nitrogen and oxygen atoms in total. The molecule has 0 bridgehead atoms. The molecule has 0 aliphatic heterocycles. The zero-order chi connectivity index (χ0) is 13.8. The Morgan fingerprint density at radius 1 is 1.26 bits per heavy atom. The van der Waals surface area contributed by atoms with E-state index in [0.29, 0.717) is 22.3 Å². The van der Waals surface area contributed by atoms with E-state index in [4.69, 9.17) is 27.9 Å². The first-order valence-corrected chi connectivity index (χ1v) is 6.46. The molecular weight excluding hydrogens is 285 g/mol. The van der Waals surface area contributed by atoms with Gasteiger partial charge in [0.05, 0.1) is 22.9 Å². The van der Waals surface area contributed by atoms with Gasteiger partial charge in [-0.2, -0.15) is 0 Å². The summed E-state index contributed by atoms with van der Waals surface area (Å²) in [6.07, 6.45) is 1.40. The van der Waals surface area contributed by atoms with Gasteiger partial charge in [-0.25, -0.2) is 4.79 Å². The monoisotopic (exact) mass is 295 g/mol. The highest BCUT2D eigenvalue weighted by Crippen LogP contribution is 2.28. The van der Waals surface area contributed by atoms with Gasteiger partial charge in [0.1, 0.15) is 0 Å². The van der Waals surface area contributed by atoms with E-state index >= 15 is 0 Å². The van der Waals surface area contributed by atoms with Crippen molar-refractivity contribution >= 4 is 29.2 Å². The van der Waals surface area contributed by atoms with Crippen LogP contribution in [0.3, 0.4) is 0 Å². The second-order valence-corrected chi connectivity index (χ2v) is 4.56. The van der Waals surface area contributed by atoms with E-state index in [2.05, 4.69) is 4.98 Å². The molecule has 1 heterocycles. The maximum atomic E-state index is 11.6. The summed E-state index contributed by atoms with van der Waals surface area (Å²) in [6, 6.07) is 8.91. The fourth-order valence-electron chi connectivity index (χ4n) is 1.61. The van der Waals surface area contributed by atoms with Gasteiger partial charge in [0, 0.05) is 16.8 Å².